The van der Waals surface area contributed by atoms with Crippen molar-refractivity contribution < 1.29 is 18.0 Å². The highest BCUT2D eigenvalue weighted by Crippen LogP contribution is 2.31. The minimum absolute atomic E-state index is 0.00103. The zero-order valence-electron chi connectivity index (χ0n) is 24.5. The van der Waals surface area contributed by atoms with Gasteiger partial charge >= 0.3 is 0 Å². The molecule has 1 N–H and O–H groups in total. The van der Waals surface area contributed by atoms with E-state index in [4.69, 9.17) is 46.4 Å². The lowest BCUT2D eigenvalue weighted by atomic mass is 9.95. The fraction of sp³-hybridized carbons (Fsp3) is 0.375. The molecule has 0 bridgehead atoms. The second-order valence-electron chi connectivity index (χ2n) is 11.0. The number of carbonyl (C=O) groups is 2. The van der Waals surface area contributed by atoms with Gasteiger partial charge in [-0.3, -0.25) is 13.9 Å². The summed E-state index contributed by atoms with van der Waals surface area (Å²) in [5, 5.41) is 4.18. The van der Waals surface area contributed by atoms with E-state index in [2.05, 4.69) is 5.32 Å². The highest BCUT2D eigenvalue weighted by Gasteiger charge is 2.34. The molecular weight excluding hydrogens is 664 g/mol. The Balaban J connectivity index is 1.74. The molecular formula is C32H35Cl4N3O4S. The van der Waals surface area contributed by atoms with Crippen LogP contribution in [0.3, 0.4) is 0 Å². The lowest BCUT2D eigenvalue weighted by Gasteiger charge is -2.34. The van der Waals surface area contributed by atoms with Gasteiger partial charge in [-0.2, -0.15) is 0 Å². The standard InChI is InChI=1S/C32H35Cl4N3O4S/c1-3-30(32(41)37-25-7-5-4-6-8-25)38(19-22-11-14-28(35)29(36)15-22)31(40)20-39(26-17-23(33)16-24(34)18-26)44(42,43)27-12-9-21(2)10-13-27/h9-18,25,30H,3-8,19-20H2,1-2H3,(H,37,41)/t30-/m0/s1. The van der Waals surface area contributed by atoms with E-state index >= 15 is 0 Å². The number of carbonyl (C=O) groups excluding carboxylic acids is 2. The van der Waals surface area contributed by atoms with E-state index in [1.54, 1.807) is 30.3 Å². The summed E-state index contributed by atoms with van der Waals surface area (Å²) in [5.74, 6) is -0.875. The predicted octanol–water partition coefficient (Wildman–Crippen LogP) is 8.06. The van der Waals surface area contributed by atoms with Crippen LogP contribution < -0.4 is 9.62 Å². The molecule has 236 valence electrons. The van der Waals surface area contributed by atoms with Crippen molar-refractivity contribution in [3.8, 4) is 0 Å². The highest BCUT2D eigenvalue weighted by atomic mass is 35.5. The third-order valence-corrected chi connectivity index (χ3v) is 10.7. The fourth-order valence-corrected chi connectivity index (χ4v) is 7.58. The maximum atomic E-state index is 14.3. The van der Waals surface area contributed by atoms with Gasteiger partial charge in [0.15, 0.2) is 0 Å². The van der Waals surface area contributed by atoms with E-state index in [9.17, 15) is 18.0 Å². The lowest BCUT2D eigenvalue weighted by molar-refractivity contribution is -0.140. The first-order valence-corrected chi connectivity index (χ1v) is 17.4. The van der Waals surface area contributed by atoms with Crippen molar-refractivity contribution in [2.75, 3.05) is 10.8 Å². The van der Waals surface area contributed by atoms with Gasteiger partial charge in [0, 0.05) is 22.6 Å². The summed E-state index contributed by atoms with van der Waals surface area (Å²) in [6.45, 7) is 3.05. The van der Waals surface area contributed by atoms with Crippen LogP contribution in [0.5, 0.6) is 0 Å². The van der Waals surface area contributed by atoms with Crippen LogP contribution in [-0.4, -0.2) is 43.8 Å². The maximum absolute atomic E-state index is 14.3. The number of nitrogens with zero attached hydrogens (tertiary/aromatic N) is 2. The summed E-state index contributed by atoms with van der Waals surface area (Å²) < 4.78 is 29.1. The van der Waals surface area contributed by atoms with Crippen molar-refractivity contribution in [1.82, 2.24) is 10.2 Å². The summed E-state index contributed by atoms with van der Waals surface area (Å²) in [4.78, 5) is 29.4. The van der Waals surface area contributed by atoms with Crippen LogP contribution in [0.15, 0.2) is 65.6 Å². The molecule has 1 saturated carbocycles. The number of aryl methyl sites for hydroxylation is 1. The lowest BCUT2D eigenvalue weighted by Crippen LogP contribution is -2.54. The topological polar surface area (TPSA) is 86.8 Å². The average Bonchev–Trinajstić information content (AvgIpc) is 2.97. The Hall–Kier alpha value is -2.49. The van der Waals surface area contributed by atoms with Crippen LogP contribution in [0.1, 0.15) is 56.6 Å². The van der Waals surface area contributed by atoms with Gasteiger partial charge in [-0.15, -0.1) is 0 Å². The second kappa shape index (κ2) is 15.2. The molecule has 0 aliphatic heterocycles. The molecule has 3 aromatic carbocycles. The number of anilines is 1. The minimum Gasteiger partial charge on any atom is -0.352 e. The average molecular weight is 700 g/mol. The molecule has 1 aliphatic rings. The molecule has 0 heterocycles. The van der Waals surface area contributed by atoms with Gasteiger partial charge in [0.05, 0.1) is 20.6 Å². The SMILES string of the molecule is CC[C@@H](C(=O)NC1CCCCC1)N(Cc1ccc(Cl)c(Cl)c1)C(=O)CN(c1cc(Cl)cc(Cl)c1)S(=O)(=O)c1ccc(C)cc1. The van der Waals surface area contributed by atoms with Crippen molar-refractivity contribution in [2.24, 2.45) is 0 Å². The zero-order chi connectivity index (χ0) is 32.0. The van der Waals surface area contributed by atoms with Gasteiger partial charge in [0.2, 0.25) is 11.8 Å². The highest BCUT2D eigenvalue weighted by molar-refractivity contribution is 7.92. The minimum atomic E-state index is -4.26. The van der Waals surface area contributed by atoms with Gasteiger partial charge in [-0.05, 0) is 74.2 Å². The molecule has 7 nitrogen and oxygen atoms in total. The number of hydrogen-bond acceptors (Lipinski definition) is 4. The van der Waals surface area contributed by atoms with Crippen LogP contribution >= 0.6 is 46.4 Å². The Morgan fingerprint density at radius 3 is 2.11 bits per heavy atom. The van der Waals surface area contributed by atoms with E-state index in [0.717, 1.165) is 42.0 Å². The number of amides is 2. The molecule has 0 radical (unpaired) electrons. The van der Waals surface area contributed by atoms with E-state index in [1.807, 2.05) is 13.8 Å². The summed E-state index contributed by atoms with van der Waals surface area (Å²) in [7, 11) is -4.26. The maximum Gasteiger partial charge on any atom is 0.264 e. The fourth-order valence-electron chi connectivity index (χ4n) is 5.35. The van der Waals surface area contributed by atoms with Crippen LogP contribution in [0, 0.1) is 6.92 Å². The number of hydrogen-bond donors (Lipinski definition) is 1. The molecule has 0 unspecified atom stereocenters. The molecule has 1 aliphatic carbocycles. The van der Waals surface area contributed by atoms with Crippen molar-refractivity contribution in [2.45, 2.75) is 75.9 Å². The molecule has 1 atom stereocenters. The Morgan fingerprint density at radius 1 is 0.886 bits per heavy atom. The van der Waals surface area contributed by atoms with Gasteiger partial charge in [-0.1, -0.05) is 96.4 Å². The third-order valence-electron chi connectivity index (χ3n) is 7.70. The molecule has 1 fully saturated rings. The van der Waals surface area contributed by atoms with E-state index in [-0.39, 0.29) is 39.1 Å². The first kappa shape index (κ1) is 34.4. The number of halogens is 4. The van der Waals surface area contributed by atoms with E-state index < -0.39 is 28.5 Å². The molecule has 12 heteroatoms. The van der Waals surface area contributed by atoms with E-state index in [0.29, 0.717) is 22.0 Å². The largest absolute Gasteiger partial charge is 0.352 e. The predicted molar refractivity (Wildman–Crippen MR) is 178 cm³/mol. The Bertz CT molecular complexity index is 1580. The number of benzene rings is 3. The first-order valence-electron chi connectivity index (χ1n) is 14.5. The second-order valence-corrected chi connectivity index (χ2v) is 14.5. The number of nitrogens with one attached hydrogen (secondary N) is 1. The molecule has 3 aromatic rings. The van der Waals surface area contributed by atoms with Crippen LogP contribution in [0.4, 0.5) is 5.69 Å². The molecule has 0 spiro atoms. The summed E-state index contributed by atoms with van der Waals surface area (Å²) in [6.07, 6.45) is 5.25. The molecule has 4 rings (SSSR count). The molecule has 0 saturated heterocycles. The zero-order valence-corrected chi connectivity index (χ0v) is 28.4. The van der Waals surface area contributed by atoms with Gasteiger partial charge in [-0.25, -0.2) is 8.42 Å². The smallest absolute Gasteiger partial charge is 0.264 e. The van der Waals surface area contributed by atoms with Crippen molar-refractivity contribution in [1.29, 1.82) is 0 Å². The number of sulfonamides is 1. The summed E-state index contributed by atoms with van der Waals surface area (Å²) >= 11 is 25.0. The van der Waals surface area contributed by atoms with Crippen molar-refractivity contribution in [3.05, 3.63) is 91.9 Å². The third kappa shape index (κ3) is 8.61. The van der Waals surface area contributed by atoms with Gasteiger partial charge < -0.3 is 10.2 Å². The quantitative estimate of drug-likeness (QED) is 0.220. The van der Waals surface area contributed by atoms with Crippen LogP contribution in [-0.2, 0) is 26.2 Å². The van der Waals surface area contributed by atoms with Crippen molar-refractivity contribution >= 4 is 73.9 Å². The van der Waals surface area contributed by atoms with Crippen molar-refractivity contribution in [3.63, 3.8) is 0 Å². The van der Waals surface area contributed by atoms with Gasteiger partial charge in [0.25, 0.3) is 10.0 Å². The summed E-state index contributed by atoms with van der Waals surface area (Å²) in [5.41, 5.74) is 1.63. The van der Waals surface area contributed by atoms with Crippen LogP contribution in [0.25, 0.3) is 0 Å². The summed E-state index contributed by atoms with van der Waals surface area (Å²) in [6, 6.07) is 14.8. The molecule has 0 aromatic heterocycles. The molecule has 44 heavy (non-hydrogen) atoms. The van der Waals surface area contributed by atoms with Gasteiger partial charge in [0.1, 0.15) is 12.6 Å². The first-order chi connectivity index (χ1) is 20.9. The van der Waals surface area contributed by atoms with Crippen LogP contribution in [0.2, 0.25) is 20.1 Å². The monoisotopic (exact) mass is 697 g/mol. The Kier molecular flexibility index (Phi) is 11.9. The Morgan fingerprint density at radius 2 is 1.52 bits per heavy atom. The Labute approximate surface area is 279 Å². The van der Waals surface area contributed by atoms with E-state index in [1.165, 1.54) is 35.2 Å². The number of rotatable bonds is 11. The normalized spacial score (nSPS) is 14.6. The molecule has 2 amide bonds.